The Morgan fingerprint density at radius 3 is 2.75 bits per heavy atom. The summed E-state index contributed by atoms with van der Waals surface area (Å²) in [5, 5.41) is 4.34. The lowest BCUT2D eigenvalue weighted by Gasteiger charge is -2.15. The first kappa shape index (κ1) is 15.4. The van der Waals surface area contributed by atoms with E-state index in [2.05, 4.69) is 10.1 Å². The Labute approximate surface area is 147 Å². The molecule has 0 saturated heterocycles. The Hall–Kier alpha value is -2.12. The topological polar surface area (TPSA) is 65.1 Å². The van der Waals surface area contributed by atoms with E-state index >= 15 is 0 Å². The number of carbonyl (C=O) groups excluding carboxylic acids is 1. The van der Waals surface area contributed by atoms with Crippen molar-refractivity contribution in [1.29, 1.82) is 0 Å². The van der Waals surface area contributed by atoms with Gasteiger partial charge in [0.1, 0.15) is 10.9 Å². The second kappa shape index (κ2) is 5.46. The summed E-state index contributed by atoms with van der Waals surface area (Å²) >= 11 is 7.58. The lowest BCUT2D eigenvalue weighted by atomic mass is 10.2. The number of imidazole rings is 1. The number of rotatable bonds is 2. The number of carbonyl (C=O) groups is 1. The van der Waals surface area contributed by atoms with Gasteiger partial charge in [-0.1, -0.05) is 12.1 Å². The van der Waals surface area contributed by atoms with Crippen molar-refractivity contribution in [3.63, 3.8) is 0 Å². The number of aryl methyl sites for hydroxylation is 1. The van der Waals surface area contributed by atoms with E-state index in [0.29, 0.717) is 16.6 Å². The SMILES string of the molecule is CSc1nn2c(c1-c1nc3ccccc3n1C)N=C(C)C(Cl)C2=O. The summed E-state index contributed by atoms with van der Waals surface area (Å²) in [6.45, 7) is 1.75. The average Bonchev–Trinajstić information content (AvgIpc) is 3.11. The Morgan fingerprint density at radius 1 is 1.29 bits per heavy atom. The fourth-order valence-corrected chi connectivity index (χ4v) is 3.56. The van der Waals surface area contributed by atoms with Gasteiger partial charge in [0, 0.05) is 12.8 Å². The van der Waals surface area contributed by atoms with Crippen molar-refractivity contribution in [1.82, 2.24) is 19.3 Å². The van der Waals surface area contributed by atoms with Crippen LogP contribution < -0.4 is 0 Å². The number of thioether (sulfide) groups is 1. The van der Waals surface area contributed by atoms with Crippen LogP contribution in [-0.4, -0.2) is 42.6 Å². The predicted octanol–water partition coefficient (Wildman–Crippen LogP) is 3.51. The fraction of sp³-hybridized carbons (Fsp3) is 0.250. The molecular formula is C16H14ClN5OS. The number of aromatic nitrogens is 4. The van der Waals surface area contributed by atoms with Crippen molar-refractivity contribution in [2.24, 2.45) is 12.0 Å². The van der Waals surface area contributed by atoms with Crippen LogP contribution >= 0.6 is 23.4 Å². The van der Waals surface area contributed by atoms with Gasteiger partial charge in [-0.3, -0.25) is 4.79 Å². The van der Waals surface area contributed by atoms with Gasteiger partial charge in [0.2, 0.25) is 0 Å². The number of fused-ring (bicyclic) bond motifs is 2. The van der Waals surface area contributed by atoms with Crippen LogP contribution in [0.4, 0.5) is 5.82 Å². The van der Waals surface area contributed by atoms with Crippen LogP contribution in [0.1, 0.15) is 11.7 Å². The smallest absolute Gasteiger partial charge is 0.272 e. The lowest BCUT2D eigenvalue weighted by Crippen LogP contribution is -2.32. The molecule has 0 fully saturated rings. The van der Waals surface area contributed by atoms with Crippen LogP contribution in [0.2, 0.25) is 0 Å². The molecule has 0 spiro atoms. The number of halogens is 1. The molecule has 1 unspecified atom stereocenters. The molecule has 0 radical (unpaired) electrons. The standard InChI is InChI=1S/C16H14ClN5OS/c1-8-12(17)16(23)22-14(18-8)11(15(20-22)24-3)13-19-9-6-4-5-7-10(9)21(13)2/h4-7,12H,1-3H3. The van der Waals surface area contributed by atoms with Gasteiger partial charge >= 0.3 is 0 Å². The maximum absolute atomic E-state index is 12.4. The third kappa shape index (κ3) is 2.04. The molecule has 24 heavy (non-hydrogen) atoms. The first-order valence-electron chi connectivity index (χ1n) is 7.35. The minimum absolute atomic E-state index is 0.278. The largest absolute Gasteiger partial charge is 0.327 e. The highest BCUT2D eigenvalue weighted by Gasteiger charge is 2.33. The highest BCUT2D eigenvalue weighted by Crippen LogP contribution is 2.40. The molecule has 6 nitrogen and oxygen atoms in total. The van der Waals surface area contributed by atoms with Crippen LogP contribution in [0.15, 0.2) is 34.3 Å². The molecule has 0 amide bonds. The lowest BCUT2D eigenvalue weighted by molar-refractivity contribution is 0.0908. The van der Waals surface area contributed by atoms with Gasteiger partial charge in [0.05, 0.1) is 16.6 Å². The van der Waals surface area contributed by atoms with Crippen molar-refractivity contribution in [2.45, 2.75) is 17.3 Å². The van der Waals surface area contributed by atoms with Crippen LogP contribution in [0.3, 0.4) is 0 Å². The molecule has 2 aromatic heterocycles. The fourth-order valence-electron chi connectivity index (χ4n) is 2.86. The number of hydrogen-bond donors (Lipinski definition) is 0. The van der Waals surface area contributed by atoms with E-state index in [4.69, 9.17) is 16.6 Å². The van der Waals surface area contributed by atoms with Crippen LogP contribution in [-0.2, 0) is 7.05 Å². The molecule has 0 saturated carbocycles. The van der Waals surface area contributed by atoms with Gasteiger partial charge in [0.15, 0.2) is 11.2 Å². The Morgan fingerprint density at radius 2 is 2.04 bits per heavy atom. The monoisotopic (exact) mass is 359 g/mol. The molecule has 1 aromatic carbocycles. The highest BCUT2D eigenvalue weighted by atomic mass is 35.5. The van der Waals surface area contributed by atoms with E-state index in [-0.39, 0.29) is 5.91 Å². The van der Waals surface area contributed by atoms with E-state index < -0.39 is 5.38 Å². The molecule has 1 atom stereocenters. The first-order valence-corrected chi connectivity index (χ1v) is 9.01. The molecule has 0 aliphatic carbocycles. The molecule has 3 aromatic rings. The second-order valence-electron chi connectivity index (χ2n) is 5.56. The predicted molar refractivity (Wildman–Crippen MR) is 96.8 cm³/mol. The summed E-state index contributed by atoms with van der Waals surface area (Å²) in [5.41, 5.74) is 3.23. The number of benzene rings is 1. The molecular weight excluding hydrogens is 346 g/mol. The van der Waals surface area contributed by atoms with Gasteiger partial charge in [-0.2, -0.15) is 9.78 Å². The zero-order valence-corrected chi connectivity index (χ0v) is 14.9. The first-order chi connectivity index (χ1) is 11.5. The van der Waals surface area contributed by atoms with Crippen LogP contribution in [0.5, 0.6) is 0 Å². The van der Waals surface area contributed by atoms with Gasteiger partial charge in [-0.25, -0.2) is 9.98 Å². The summed E-state index contributed by atoms with van der Waals surface area (Å²) in [6.07, 6.45) is 1.92. The van der Waals surface area contributed by atoms with E-state index in [0.717, 1.165) is 22.4 Å². The molecule has 8 heteroatoms. The van der Waals surface area contributed by atoms with E-state index in [1.165, 1.54) is 16.4 Å². The number of hydrogen-bond acceptors (Lipinski definition) is 5. The summed E-state index contributed by atoms with van der Waals surface area (Å²) in [7, 11) is 1.95. The van der Waals surface area contributed by atoms with Crippen molar-refractivity contribution < 1.29 is 4.79 Å². The van der Waals surface area contributed by atoms with E-state index in [1.54, 1.807) is 6.92 Å². The molecule has 4 rings (SSSR count). The summed E-state index contributed by atoms with van der Waals surface area (Å²) in [4.78, 5) is 21.7. The zero-order chi connectivity index (χ0) is 17.0. The summed E-state index contributed by atoms with van der Waals surface area (Å²) < 4.78 is 3.29. The molecule has 1 aliphatic rings. The second-order valence-corrected chi connectivity index (χ2v) is 6.79. The Kier molecular flexibility index (Phi) is 3.51. The van der Waals surface area contributed by atoms with E-state index in [9.17, 15) is 4.79 Å². The molecule has 0 N–H and O–H groups in total. The molecule has 122 valence electrons. The third-order valence-corrected chi connectivity index (χ3v) is 5.28. The van der Waals surface area contributed by atoms with Crippen LogP contribution in [0.25, 0.3) is 22.4 Å². The van der Waals surface area contributed by atoms with Crippen molar-refractivity contribution in [2.75, 3.05) is 6.26 Å². The van der Waals surface area contributed by atoms with Gasteiger partial charge in [-0.05, 0) is 25.3 Å². The van der Waals surface area contributed by atoms with Gasteiger partial charge in [0.25, 0.3) is 5.91 Å². The molecule has 0 bridgehead atoms. The Balaban J connectivity index is 2.05. The zero-order valence-electron chi connectivity index (χ0n) is 13.3. The summed E-state index contributed by atoms with van der Waals surface area (Å²) in [5.74, 6) is 0.954. The maximum Gasteiger partial charge on any atom is 0.272 e. The molecule has 1 aliphatic heterocycles. The van der Waals surface area contributed by atoms with Crippen LogP contribution in [0, 0.1) is 0 Å². The normalized spacial score (nSPS) is 17.2. The Bertz CT molecular complexity index is 1020. The number of aliphatic imine (C=N–C) groups is 1. The molecule has 3 heterocycles. The van der Waals surface area contributed by atoms with Crippen molar-refractivity contribution >= 4 is 51.8 Å². The summed E-state index contributed by atoms with van der Waals surface area (Å²) in [6, 6.07) is 7.89. The van der Waals surface area contributed by atoms with E-state index in [1.807, 2.05) is 42.1 Å². The van der Waals surface area contributed by atoms with Crippen molar-refractivity contribution in [3.05, 3.63) is 24.3 Å². The van der Waals surface area contributed by atoms with Gasteiger partial charge < -0.3 is 4.57 Å². The number of para-hydroxylation sites is 2. The number of alkyl halides is 1. The highest BCUT2D eigenvalue weighted by molar-refractivity contribution is 7.98. The third-order valence-electron chi connectivity index (χ3n) is 4.11. The number of nitrogens with zero attached hydrogens (tertiary/aromatic N) is 5. The maximum atomic E-state index is 12.4. The van der Waals surface area contributed by atoms with Gasteiger partial charge in [-0.15, -0.1) is 23.4 Å². The minimum Gasteiger partial charge on any atom is -0.327 e. The average molecular weight is 360 g/mol. The quantitative estimate of drug-likeness (QED) is 0.518. The van der Waals surface area contributed by atoms with Crippen molar-refractivity contribution in [3.8, 4) is 11.4 Å². The minimum atomic E-state index is -0.777.